The first-order valence-corrected chi connectivity index (χ1v) is 8.41. The van der Waals surface area contributed by atoms with Crippen LogP contribution in [-0.4, -0.2) is 17.0 Å². The largest absolute Gasteiger partial charge is 0.283 e. The maximum atomic E-state index is 12.3. The standard InChI is InChI=1S/C17H12ClN3O3S/c1-10-5-6-13-14(7-10)25-16(15(13)18)17(22)20-19-9-11-3-2-4-12(8-11)21(23)24/h2-9H,1H3,(H,20,22). The molecule has 0 aliphatic rings. The van der Waals surface area contributed by atoms with Crippen LogP contribution in [-0.2, 0) is 0 Å². The monoisotopic (exact) mass is 373 g/mol. The second-order valence-electron chi connectivity index (χ2n) is 5.30. The van der Waals surface area contributed by atoms with Gasteiger partial charge in [0.25, 0.3) is 11.6 Å². The van der Waals surface area contributed by atoms with Crippen molar-refractivity contribution in [2.24, 2.45) is 5.10 Å². The van der Waals surface area contributed by atoms with E-state index in [1.54, 1.807) is 12.1 Å². The van der Waals surface area contributed by atoms with Gasteiger partial charge in [0.1, 0.15) is 4.88 Å². The number of carbonyl (C=O) groups excluding carboxylic acids is 1. The number of amides is 1. The highest BCUT2D eigenvalue weighted by Gasteiger charge is 2.16. The van der Waals surface area contributed by atoms with Crippen molar-refractivity contribution in [1.29, 1.82) is 0 Å². The van der Waals surface area contributed by atoms with Crippen molar-refractivity contribution in [3.8, 4) is 0 Å². The van der Waals surface area contributed by atoms with Gasteiger partial charge >= 0.3 is 0 Å². The minimum absolute atomic E-state index is 0.0433. The lowest BCUT2D eigenvalue weighted by Crippen LogP contribution is -2.16. The molecule has 0 fully saturated rings. The van der Waals surface area contributed by atoms with Crippen LogP contribution in [0.15, 0.2) is 47.6 Å². The smallest absolute Gasteiger partial charge is 0.266 e. The number of hydrazone groups is 1. The van der Waals surface area contributed by atoms with Crippen LogP contribution in [0.2, 0.25) is 5.02 Å². The highest BCUT2D eigenvalue weighted by Crippen LogP contribution is 2.35. The van der Waals surface area contributed by atoms with Gasteiger partial charge in [-0.2, -0.15) is 5.10 Å². The molecule has 6 nitrogen and oxygen atoms in total. The molecule has 25 heavy (non-hydrogen) atoms. The molecule has 3 aromatic rings. The second kappa shape index (κ2) is 7.00. The van der Waals surface area contributed by atoms with Gasteiger partial charge in [0.2, 0.25) is 0 Å². The molecule has 1 aromatic heterocycles. The van der Waals surface area contributed by atoms with Crippen molar-refractivity contribution >= 4 is 50.8 Å². The number of nitro groups is 1. The number of thiophene rings is 1. The molecule has 0 atom stereocenters. The Morgan fingerprint density at radius 3 is 2.88 bits per heavy atom. The summed E-state index contributed by atoms with van der Waals surface area (Å²) < 4.78 is 0.929. The first-order chi connectivity index (χ1) is 12.0. The predicted molar refractivity (Wildman–Crippen MR) is 99.7 cm³/mol. The summed E-state index contributed by atoms with van der Waals surface area (Å²) in [4.78, 5) is 22.9. The van der Waals surface area contributed by atoms with Gasteiger partial charge in [-0.1, -0.05) is 35.9 Å². The summed E-state index contributed by atoms with van der Waals surface area (Å²) in [7, 11) is 0. The Kier molecular flexibility index (Phi) is 4.78. The van der Waals surface area contributed by atoms with E-state index in [-0.39, 0.29) is 5.69 Å². The van der Waals surface area contributed by atoms with Crippen molar-refractivity contribution in [3.63, 3.8) is 0 Å². The molecular formula is C17H12ClN3O3S. The Hall–Kier alpha value is -2.77. The fourth-order valence-electron chi connectivity index (χ4n) is 2.25. The van der Waals surface area contributed by atoms with Crippen LogP contribution in [0, 0.1) is 17.0 Å². The summed E-state index contributed by atoms with van der Waals surface area (Å²) in [5, 5.41) is 15.8. The SMILES string of the molecule is Cc1ccc2c(Cl)c(C(=O)NN=Cc3cccc([N+](=O)[O-])c3)sc2c1. The molecule has 0 saturated carbocycles. The van der Waals surface area contributed by atoms with Gasteiger partial charge in [-0.05, 0) is 18.6 Å². The maximum Gasteiger partial charge on any atom is 0.283 e. The van der Waals surface area contributed by atoms with E-state index in [9.17, 15) is 14.9 Å². The Morgan fingerprint density at radius 1 is 1.32 bits per heavy atom. The van der Waals surface area contributed by atoms with Crippen molar-refractivity contribution in [1.82, 2.24) is 5.43 Å². The molecule has 0 bridgehead atoms. The fourth-order valence-corrected chi connectivity index (χ4v) is 3.76. The Balaban J connectivity index is 1.78. The van der Waals surface area contributed by atoms with Crippen LogP contribution in [0.25, 0.3) is 10.1 Å². The average Bonchev–Trinajstić information content (AvgIpc) is 2.91. The summed E-state index contributed by atoms with van der Waals surface area (Å²) in [5.41, 5.74) is 3.95. The molecule has 1 amide bonds. The van der Waals surface area contributed by atoms with E-state index in [0.717, 1.165) is 15.6 Å². The zero-order valence-electron chi connectivity index (χ0n) is 13.0. The quantitative estimate of drug-likeness (QED) is 0.414. The molecule has 0 aliphatic carbocycles. The van der Waals surface area contributed by atoms with E-state index in [4.69, 9.17) is 11.6 Å². The number of aryl methyl sites for hydroxylation is 1. The number of benzene rings is 2. The van der Waals surface area contributed by atoms with Crippen molar-refractivity contribution in [2.75, 3.05) is 0 Å². The topological polar surface area (TPSA) is 84.6 Å². The van der Waals surface area contributed by atoms with Crippen LogP contribution in [0.3, 0.4) is 0 Å². The number of carbonyl (C=O) groups is 1. The van der Waals surface area contributed by atoms with E-state index in [2.05, 4.69) is 10.5 Å². The number of non-ortho nitro benzene ring substituents is 1. The molecule has 0 unspecified atom stereocenters. The minimum Gasteiger partial charge on any atom is -0.266 e. The molecule has 8 heteroatoms. The van der Waals surface area contributed by atoms with E-state index >= 15 is 0 Å². The minimum atomic E-state index is -0.491. The molecule has 0 spiro atoms. The van der Waals surface area contributed by atoms with Gasteiger partial charge in [0.05, 0.1) is 16.2 Å². The molecule has 0 saturated heterocycles. The number of hydrogen-bond acceptors (Lipinski definition) is 5. The summed E-state index contributed by atoms with van der Waals surface area (Å²) in [6.07, 6.45) is 1.34. The lowest BCUT2D eigenvalue weighted by atomic mass is 10.2. The molecule has 2 aromatic carbocycles. The number of nitro benzene ring substituents is 1. The summed E-state index contributed by atoms with van der Waals surface area (Å²) in [6, 6.07) is 11.7. The van der Waals surface area contributed by atoms with Gasteiger partial charge < -0.3 is 0 Å². The van der Waals surface area contributed by atoms with E-state index < -0.39 is 10.8 Å². The summed E-state index contributed by atoms with van der Waals surface area (Å²) in [5.74, 6) is -0.425. The molecular weight excluding hydrogens is 362 g/mol. The summed E-state index contributed by atoms with van der Waals surface area (Å²) >= 11 is 7.57. The Morgan fingerprint density at radius 2 is 2.12 bits per heavy atom. The number of nitrogens with one attached hydrogen (secondary N) is 1. The highest BCUT2D eigenvalue weighted by molar-refractivity contribution is 7.21. The zero-order chi connectivity index (χ0) is 18.0. The van der Waals surface area contributed by atoms with Crippen molar-refractivity contribution in [3.05, 3.63) is 73.6 Å². The first-order valence-electron chi connectivity index (χ1n) is 7.22. The Bertz CT molecular complexity index is 1010. The fraction of sp³-hybridized carbons (Fsp3) is 0.0588. The molecule has 1 N–H and O–H groups in total. The van der Waals surface area contributed by atoms with Gasteiger partial charge in [0.15, 0.2) is 0 Å². The van der Waals surface area contributed by atoms with E-state index in [1.165, 1.54) is 29.7 Å². The van der Waals surface area contributed by atoms with Gasteiger partial charge in [-0.3, -0.25) is 14.9 Å². The Labute approximate surface area is 151 Å². The third-order valence-corrected chi connectivity index (χ3v) is 5.11. The highest BCUT2D eigenvalue weighted by atomic mass is 35.5. The predicted octanol–water partition coefficient (Wildman–Crippen LogP) is 4.54. The van der Waals surface area contributed by atoms with Crippen LogP contribution in [0.5, 0.6) is 0 Å². The van der Waals surface area contributed by atoms with Gasteiger partial charge in [-0.15, -0.1) is 11.3 Å². The third-order valence-electron chi connectivity index (χ3n) is 3.45. The second-order valence-corrected chi connectivity index (χ2v) is 6.73. The average molecular weight is 374 g/mol. The molecule has 0 aliphatic heterocycles. The molecule has 3 rings (SSSR count). The van der Waals surface area contributed by atoms with Gasteiger partial charge in [0, 0.05) is 27.8 Å². The number of halogens is 1. The zero-order valence-corrected chi connectivity index (χ0v) is 14.6. The number of fused-ring (bicyclic) bond motifs is 1. The number of nitrogens with zero attached hydrogens (tertiary/aromatic N) is 2. The maximum absolute atomic E-state index is 12.3. The van der Waals surface area contributed by atoms with Gasteiger partial charge in [-0.25, -0.2) is 5.43 Å². The lowest BCUT2D eigenvalue weighted by Gasteiger charge is -1.97. The van der Waals surface area contributed by atoms with E-state index in [1.807, 2.05) is 25.1 Å². The molecule has 1 heterocycles. The molecule has 126 valence electrons. The summed E-state index contributed by atoms with van der Waals surface area (Å²) in [6.45, 7) is 1.97. The first kappa shape index (κ1) is 17.1. The number of rotatable bonds is 4. The van der Waals surface area contributed by atoms with Crippen LogP contribution in [0.1, 0.15) is 20.8 Å². The van der Waals surface area contributed by atoms with Crippen LogP contribution >= 0.6 is 22.9 Å². The third kappa shape index (κ3) is 3.67. The van der Waals surface area contributed by atoms with Crippen LogP contribution < -0.4 is 5.43 Å². The normalized spacial score (nSPS) is 11.1. The van der Waals surface area contributed by atoms with Crippen LogP contribution in [0.4, 0.5) is 5.69 Å². The van der Waals surface area contributed by atoms with E-state index in [0.29, 0.717) is 15.5 Å². The van der Waals surface area contributed by atoms with Crippen molar-refractivity contribution < 1.29 is 9.72 Å². The lowest BCUT2D eigenvalue weighted by molar-refractivity contribution is -0.384. The number of hydrogen-bond donors (Lipinski definition) is 1. The van der Waals surface area contributed by atoms with Crippen molar-refractivity contribution in [2.45, 2.75) is 6.92 Å². The molecule has 0 radical (unpaired) electrons.